The van der Waals surface area contributed by atoms with E-state index in [4.69, 9.17) is 0 Å². The zero-order chi connectivity index (χ0) is 51.6. The molecule has 0 spiro atoms. The van der Waals surface area contributed by atoms with Crippen molar-refractivity contribution in [2.24, 2.45) is 0 Å². The number of aryl methyl sites for hydroxylation is 2. The Labute approximate surface area is 442 Å². The molecule has 6 aromatic carbocycles. The van der Waals surface area contributed by atoms with Crippen LogP contribution in [0, 0.1) is 0 Å². The van der Waals surface area contributed by atoms with Crippen molar-refractivity contribution in [3.8, 4) is 11.1 Å². The van der Waals surface area contributed by atoms with E-state index < -0.39 is 20.0 Å². The van der Waals surface area contributed by atoms with Gasteiger partial charge in [0.05, 0.1) is 52.4 Å². The normalized spacial score (nSPS) is 16.6. The average Bonchev–Trinajstić information content (AvgIpc) is 4.13. The Kier molecular flexibility index (Phi) is 13.5. The first-order valence-electron chi connectivity index (χ1n) is 25.6. The molecule has 0 fully saturated rings. The average molecular weight is 1050 g/mol. The van der Waals surface area contributed by atoms with Crippen LogP contribution in [0.4, 0.5) is 11.4 Å². The summed E-state index contributed by atoms with van der Waals surface area (Å²) in [5.74, 6) is 0. The highest BCUT2D eigenvalue weighted by Gasteiger charge is 2.37. The number of sulfonamides is 2. The summed E-state index contributed by atoms with van der Waals surface area (Å²) in [7, 11) is -7.95. The molecular formula is C60H56N10O4S2. The Morgan fingerprint density at radius 1 is 0.487 bits per heavy atom. The van der Waals surface area contributed by atoms with Crippen LogP contribution in [0.3, 0.4) is 0 Å². The van der Waals surface area contributed by atoms with Crippen LogP contribution in [0.2, 0.25) is 0 Å². The summed E-state index contributed by atoms with van der Waals surface area (Å²) in [5.41, 5.74) is 10.5. The molecular weight excluding hydrogens is 989 g/mol. The summed E-state index contributed by atoms with van der Waals surface area (Å²) < 4.78 is 63.0. The van der Waals surface area contributed by atoms with Gasteiger partial charge in [-0.15, -0.1) is 0 Å². The van der Waals surface area contributed by atoms with Crippen molar-refractivity contribution in [2.75, 3.05) is 22.9 Å². The second kappa shape index (κ2) is 20.9. The second-order valence-electron chi connectivity index (χ2n) is 19.8. The number of hydrogen-bond acceptors (Lipinski definition) is 10. The summed E-state index contributed by atoms with van der Waals surface area (Å²) in [4.78, 5) is 29.1. The highest BCUT2D eigenvalue weighted by atomic mass is 32.2. The van der Waals surface area contributed by atoms with Crippen LogP contribution in [0.5, 0.6) is 0 Å². The minimum atomic E-state index is -4.01. The lowest BCUT2D eigenvalue weighted by Gasteiger charge is -2.34. The van der Waals surface area contributed by atoms with E-state index in [0.717, 1.165) is 73.2 Å². The van der Waals surface area contributed by atoms with Crippen LogP contribution in [0.1, 0.15) is 46.5 Å². The van der Waals surface area contributed by atoms with Crippen LogP contribution >= 0.6 is 0 Å². The molecule has 14 nitrogen and oxygen atoms in total. The van der Waals surface area contributed by atoms with Crippen molar-refractivity contribution in [3.05, 3.63) is 229 Å². The number of rotatable bonds is 15. The summed E-state index contributed by atoms with van der Waals surface area (Å²) >= 11 is 0. The van der Waals surface area contributed by atoms with Crippen molar-refractivity contribution in [2.45, 2.75) is 73.7 Å². The number of nitrogens with one attached hydrogen (secondary N) is 2. The molecule has 2 unspecified atom stereocenters. The van der Waals surface area contributed by atoms with Crippen LogP contribution in [-0.4, -0.2) is 80.5 Å². The number of H-pyrrole nitrogens is 2. The number of pyridine rings is 2. The summed E-state index contributed by atoms with van der Waals surface area (Å²) in [6, 6.07) is 49.1. The molecule has 4 aromatic heterocycles. The predicted octanol–water partition coefficient (Wildman–Crippen LogP) is 10.3. The predicted molar refractivity (Wildman–Crippen MR) is 297 cm³/mol. The van der Waals surface area contributed by atoms with E-state index in [1.54, 1.807) is 64.1 Å². The summed E-state index contributed by atoms with van der Waals surface area (Å²) in [6.07, 6.45) is 14.9. The molecule has 0 saturated heterocycles. The molecule has 2 N–H and O–H groups in total. The highest BCUT2D eigenvalue weighted by Crippen LogP contribution is 2.38. The van der Waals surface area contributed by atoms with E-state index >= 15 is 8.42 Å². The van der Waals surface area contributed by atoms with Crippen molar-refractivity contribution < 1.29 is 16.8 Å². The quantitative estimate of drug-likeness (QED) is 0.101. The maximum atomic E-state index is 15.1. The molecule has 382 valence electrons. The third-order valence-electron chi connectivity index (χ3n) is 15.0. The molecule has 0 amide bonds. The number of benzene rings is 6. The van der Waals surface area contributed by atoms with Crippen LogP contribution < -0.4 is 9.80 Å². The molecule has 76 heavy (non-hydrogen) atoms. The first kappa shape index (κ1) is 48.9. The van der Waals surface area contributed by atoms with Gasteiger partial charge in [0.15, 0.2) is 0 Å². The standard InChI is InChI=1S/C60H56N10O4S2/c71-75(72,56-23-18-49-32-61-27-25-48(49)30-56)67-35-50-11-4-5-14-59(50)69(37-52-33-62-41-65-52)55(39-67)21-16-44-10-6-12-46(28-44)47-19-24-60-51(29-47)36-68(76(73,74)57-22-17-45-13-7-26-64-58(45)31-57)40-54(20-15-43-8-2-1-3-9-43)70(60)38-53-34-63-42-66-53/h1-14,17-19,22-34,41-42,54-55H,15-16,20-21,35-40H2,(H,62,65)(H,63,66). The first-order valence-corrected chi connectivity index (χ1v) is 28.5. The van der Waals surface area contributed by atoms with Gasteiger partial charge in [-0.25, -0.2) is 26.8 Å². The zero-order valence-corrected chi connectivity index (χ0v) is 43.4. The van der Waals surface area contributed by atoms with Gasteiger partial charge in [0.2, 0.25) is 20.0 Å². The largest absolute Gasteiger partial charge is 0.361 e. The zero-order valence-electron chi connectivity index (χ0n) is 41.7. The Bertz CT molecular complexity index is 3900. The van der Waals surface area contributed by atoms with Gasteiger partial charge in [-0.05, 0) is 119 Å². The van der Waals surface area contributed by atoms with E-state index in [1.165, 1.54) is 5.56 Å². The number of fused-ring (bicyclic) bond motifs is 4. The van der Waals surface area contributed by atoms with E-state index in [1.807, 2.05) is 79.1 Å². The summed E-state index contributed by atoms with van der Waals surface area (Å²) in [6.45, 7) is 1.95. The van der Waals surface area contributed by atoms with Gasteiger partial charge in [0, 0.05) is 91.4 Å². The van der Waals surface area contributed by atoms with Crippen LogP contribution in [-0.2, 0) is 59.1 Å². The lowest BCUT2D eigenvalue weighted by molar-refractivity contribution is 0.370. The maximum absolute atomic E-state index is 15.1. The van der Waals surface area contributed by atoms with Crippen molar-refractivity contribution in [1.82, 2.24) is 38.5 Å². The number of imidazole rings is 2. The number of aromatic nitrogens is 6. The van der Waals surface area contributed by atoms with E-state index in [9.17, 15) is 8.42 Å². The molecule has 6 heterocycles. The molecule has 0 aliphatic carbocycles. The maximum Gasteiger partial charge on any atom is 0.243 e. The molecule has 0 saturated carbocycles. The highest BCUT2D eigenvalue weighted by molar-refractivity contribution is 7.89. The summed E-state index contributed by atoms with van der Waals surface area (Å²) in [5, 5.41) is 2.56. The fourth-order valence-electron chi connectivity index (χ4n) is 11.0. The third kappa shape index (κ3) is 10.1. The monoisotopic (exact) mass is 1040 g/mol. The molecule has 0 bridgehead atoms. The second-order valence-corrected chi connectivity index (χ2v) is 23.7. The van der Waals surface area contributed by atoms with Crippen LogP contribution in [0.15, 0.2) is 205 Å². The number of hydrogen-bond donors (Lipinski definition) is 2. The lowest BCUT2D eigenvalue weighted by Crippen LogP contribution is -2.43. The van der Waals surface area contributed by atoms with Gasteiger partial charge in [-0.1, -0.05) is 97.1 Å². The minimum Gasteiger partial charge on any atom is -0.361 e. The Morgan fingerprint density at radius 3 is 1.84 bits per heavy atom. The van der Waals surface area contributed by atoms with E-state index in [-0.39, 0.29) is 48.1 Å². The van der Waals surface area contributed by atoms with Crippen molar-refractivity contribution in [3.63, 3.8) is 0 Å². The molecule has 2 atom stereocenters. The molecule has 0 radical (unpaired) electrons. The van der Waals surface area contributed by atoms with Crippen molar-refractivity contribution in [1.29, 1.82) is 0 Å². The van der Waals surface area contributed by atoms with Gasteiger partial charge in [0.25, 0.3) is 0 Å². The molecule has 2 aliphatic heterocycles. The van der Waals surface area contributed by atoms with Crippen LogP contribution in [0.25, 0.3) is 32.8 Å². The molecule has 12 rings (SSSR count). The number of aromatic amines is 2. The topological polar surface area (TPSA) is 164 Å². The fraction of sp³-hybridized carbons (Fsp3) is 0.200. The fourth-order valence-corrected chi connectivity index (χ4v) is 14.0. The number of nitrogens with zero attached hydrogens (tertiary/aromatic N) is 8. The number of anilines is 2. The van der Waals surface area contributed by atoms with Gasteiger partial charge in [-0.3, -0.25) is 9.97 Å². The van der Waals surface area contributed by atoms with E-state index in [0.29, 0.717) is 37.9 Å². The van der Waals surface area contributed by atoms with Gasteiger partial charge >= 0.3 is 0 Å². The van der Waals surface area contributed by atoms with Gasteiger partial charge in [-0.2, -0.15) is 8.61 Å². The Balaban J connectivity index is 0.881. The molecule has 10 aromatic rings. The Morgan fingerprint density at radius 2 is 1.12 bits per heavy atom. The lowest BCUT2D eigenvalue weighted by atomic mass is 9.96. The SMILES string of the molecule is O=S(=O)(c1ccc2cnccc2c1)N1Cc2ccccc2N(Cc2cnc[nH]2)C(CCc2cccc(-c3ccc4c(c3)CN(S(=O)(=O)c3ccc5cccnc5c3)CC(CCc3ccccc3)N4Cc3cnc[nH]3)c2)C1. The van der Waals surface area contributed by atoms with Gasteiger partial charge < -0.3 is 19.8 Å². The minimum absolute atomic E-state index is 0.165. The molecule has 16 heteroatoms. The van der Waals surface area contributed by atoms with E-state index in [2.05, 4.69) is 100 Å². The Hall–Kier alpha value is -8.02. The smallest absolute Gasteiger partial charge is 0.243 e. The van der Waals surface area contributed by atoms with Crippen molar-refractivity contribution >= 4 is 53.1 Å². The molecule has 2 aliphatic rings. The first-order chi connectivity index (χ1) is 37.1. The van der Waals surface area contributed by atoms with Gasteiger partial charge in [0.1, 0.15) is 0 Å². The number of para-hydroxylation sites is 1. The third-order valence-corrected chi connectivity index (χ3v) is 18.6.